The Labute approximate surface area is 141 Å². The van der Waals surface area contributed by atoms with Crippen LogP contribution in [0.4, 0.5) is 13.2 Å². The van der Waals surface area contributed by atoms with E-state index in [4.69, 9.17) is 0 Å². The summed E-state index contributed by atoms with van der Waals surface area (Å²) in [7, 11) is -4.11. The average molecular weight is 374 g/mol. The maximum absolute atomic E-state index is 13.0. The molecule has 2 unspecified atom stereocenters. The van der Waals surface area contributed by atoms with Gasteiger partial charge < -0.3 is 4.42 Å². The van der Waals surface area contributed by atoms with E-state index in [0.717, 1.165) is 0 Å². The minimum atomic E-state index is -4.88. The number of hydrogen-bond acceptors (Lipinski definition) is 6. The van der Waals surface area contributed by atoms with Crippen molar-refractivity contribution in [2.45, 2.75) is 35.6 Å². The predicted molar refractivity (Wildman–Crippen MR) is 78.0 cm³/mol. The predicted octanol–water partition coefficient (Wildman–Crippen LogP) is 2.97. The van der Waals surface area contributed by atoms with Gasteiger partial charge in [0.05, 0.1) is 4.90 Å². The van der Waals surface area contributed by atoms with Gasteiger partial charge in [-0.25, -0.2) is 8.42 Å². The Kier molecular flexibility index (Phi) is 4.40. The summed E-state index contributed by atoms with van der Waals surface area (Å²) >= 11 is 0. The van der Waals surface area contributed by atoms with Gasteiger partial charge in [-0.05, 0) is 24.5 Å². The molecule has 10 heteroatoms. The number of aromatic nitrogens is 2. The third-order valence-corrected chi connectivity index (χ3v) is 6.23. The van der Waals surface area contributed by atoms with Gasteiger partial charge in [-0.15, -0.1) is 10.2 Å². The fraction of sp³-hybridized carbons (Fsp3) is 0.400. The molecule has 1 fully saturated rings. The monoisotopic (exact) mass is 374 g/mol. The Bertz CT molecular complexity index is 878. The van der Waals surface area contributed by atoms with E-state index in [1.807, 2.05) is 0 Å². The van der Waals surface area contributed by atoms with Crippen LogP contribution in [0.5, 0.6) is 0 Å². The minimum absolute atomic E-state index is 0.0551. The van der Waals surface area contributed by atoms with Crippen LogP contribution in [0.2, 0.25) is 0 Å². The summed E-state index contributed by atoms with van der Waals surface area (Å²) in [4.78, 5) is 11.5. The summed E-state index contributed by atoms with van der Waals surface area (Å²) in [5.41, 5.74) is 0. The van der Waals surface area contributed by atoms with Crippen LogP contribution in [0.1, 0.15) is 36.3 Å². The van der Waals surface area contributed by atoms with E-state index in [1.165, 1.54) is 24.3 Å². The number of carbonyl (C=O) groups is 1. The van der Waals surface area contributed by atoms with Gasteiger partial charge in [0.2, 0.25) is 5.89 Å². The number of rotatable bonds is 4. The van der Waals surface area contributed by atoms with Crippen LogP contribution in [-0.2, 0) is 20.8 Å². The smallest absolute Gasteiger partial charge is 0.416 e. The third-order valence-electron chi connectivity index (χ3n) is 4.04. The molecule has 0 amide bonds. The summed E-state index contributed by atoms with van der Waals surface area (Å²) in [5.74, 6) is -3.11. The zero-order valence-electron chi connectivity index (χ0n) is 12.7. The SMILES string of the molecule is O=C1CCC(C(c2nnc(C(F)(F)F)o2)S(=O)(=O)c2ccccc2)C1. The van der Waals surface area contributed by atoms with Gasteiger partial charge in [0.1, 0.15) is 11.0 Å². The fourth-order valence-electron chi connectivity index (χ4n) is 2.91. The molecule has 3 rings (SSSR count). The van der Waals surface area contributed by atoms with Crippen molar-refractivity contribution in [3.05, 3.63) is 42.1 Å². The first-order valence-corrected chi connectivity index (χ1v) is 8.95. The van der Waals surface area contributed by atoms with Crippen molar-refractivity contribution < 1.29 is 30.8 Å². The lowest BCUT2D eigenvalue weighted by Crippen LogP contribution is -2.22. The van der Waals surface area contributed by atoms with E-state index >= 15 is 0 Å². The second-order valence-corrected chi connectivity index (χ2v) is 7.83. The molecular weight excluding hydrogens is 361 g/mol. The van der Waals surface area contributed by atoms with Crippen LogP contribution in [0.3, 0.4) is 0 Å². The number of carbonyl (C=O) groups excluding carboxylic acids is 1. The number of hydrogen-bond donors (Lipinski definition) is 0. The fourth-order valence-corrected chi connectivity index (χ4v) is 4.84. The van der Waals surface area contributed by atoms with Crippen molar-refractivity contribution in [3.8, 4) is 0 Å². The van der Waals surface area contributed by atoms with E-state index < -0.39 is 39.0 Å². The van der Waals surface area contributed by atoms with Crippen molar-refractivity contribution in [1.29, 1.82) is 0 Å². The Morgan fingerprint density at radius 3 is 2.36 bits per heavy atom. The molecule has 1 aliphatic rings. The number of nitrogens with zero attached hydrogens (tertiary/aromatic N) is 2. The first-order chi connectivity index (χ1) is 11.7. The normalized spacial score (nSPS) is 20.0. The summed E-state index contributed by atoms with van der Waals surface area (Å²) in [6.07, 6.45) is -4.52. The van der Waals surface area contributed by atoms with Crippen molar-refractivity contribution in [3.63, 3.8) is 0 Å². The number of alkyl halides is 3. The lowest BCUT2D eigenvalue weighted by atomic mass is 10.0. The Balaban J connectivity index is 2.08. The molecule has 1 aromatic carbocycles. The molecule has 0 spiro atoms. The molecule has 0 bridgehead atoms. The lowest BCUT2D eigenvalue weighted by molar-refractivity contribution is -0.157. The molecule has 134 valence electrons. The van der Waals surface area contributed by atoms with E-state index in [-0.39, 0.29) is 29.9 Å². The number of ketones is 1. The summed E-state index contributed by atoms with van der Waals surface area (Å²) in [6.45, 7) is 0. The van der Waals surface area contributed by atoms with Crippen LogP contribution < -0.4 is 0 Å². The molecule has 1 aromatic heterocycles. The van der Waals surface area contributed by atoms with Gasteiger partial charge in [-0.3, -0.25) is 4.79 Å². The minimum Gasteiger partial charge on any atom is -0.416 e. The van der Waals surface area contributed by atoms with Gasteiger partial charge in [0.25, 0.3) is 0 Å². The summed E-state index contributed by atoms with van der Waals surface area (Å²) in [6, 6.07) is 7.28. The number of Topliss-reactive ketones (excluding diaryl/α,β-unsaturated/α-hetero) is 1. The number of halogens is 3. The van der Waals surface area contributed by atoms with Crippen LogP contribution >= 0.6 is 0 Å². The third kappa shape index (κ3) is 3.44. The maximum Gasteiger partial charge on any atom is 0.470 e. The second kappa shape index (κ2) is 6.25. The van der Waals surface area contributed by atoms with Gasteiger partial charge in [-0.1, -0.05) is 18.2 Å². The molecule has 2 atom stereocenters. The molecule has 1 heterocycles. The Hall–Kier alpha value is -2.23. The molecular formula is C15H13F3N2O4S. The lowest BCUT2D eigenvalue weighted by Gasteiger charge is -2.19. The van der Waals surface area contributed by atoms with E-state index in [0.29, 0.717) is 0 Å². The van der Waals surface area contributed by atoms with Crippen molar-refractivity contribution in [2.75, 3.05) is 0 Å². The van der Waals surface area contributed by atoms with Gasteiger partial charge >= 0.3 is 12.1 Å². The molecule has 25 heavy (non-hydrogen) atoms. The highest BCUT2D eigenvalue weighted by Gasteiger charge is 2.45. The van der Waals surface area contributed by atoms with Gasteiger partial charge in [0, 0.05) is 12.8 Å². The summed E-state index contributed by atoms with van der Waals surface area (Å²) < 4.78 is 68.7. The zero-order chi connectivity index (χ0) is 18.2. The van der Waals surface area contributed by atoms with Crippen LogP contribution in [0.25, 0.3) is 0 Å². The molecule has 2 aromatic rings. The second-order valence-electron chi connectivity index (χ2n) is 5.76. The highest BCUT2D eigenvalue weighted by Crippen LogP contribution is 2.42. The van der Waals surface area contributed by atoms with Crippen molar-refractivity contribution in [2.24, 2.45) is 5.92 Å². The van der Waals surface area contributed by atoms with Crippen LogP contribution in [0.15, 0.2) is 39.6 Å². The largest absolute Gasteiger partial charge is 0.470 e. The van der Waals surface area contributed by atoms with Crippen molar-refractivity contribution >= 4 is 15.6 Å². The molecule has 1 saturated carbocycles. The standard InChI is InChI=1S/C15H13F3N2O4S/c16-15(17,18)14-20-19-13(24-14)12(9-6-7-10(21)8-9)25(22,23)11-4-2-1-3-5-11/h1-5,9,12H,6-8H2. The quantitative estimate of drug-likeness (QED) is 0.817. The number of benzene rings is 1. The Morgan fingerprint density at radius 2 is 1.84 bits per heavy atom. The molecule has 0 N–H and O–H groups in total. The molecule has 6 nitrogen and oxygen atoms in total. The molecule has 0 radical (unpaired) electrons. The van der Waals surface area contributed by atoms with Gasteiger partial charge in [0.15, 0.2) is 9.84 Å². The van der Waals surface area contributed by atoms with Crippen molar-refractivity contribution in [1.82, 2.24) is 10.2 Å². The zero-order valence-corrected chi connectivity index (χ0v) is 13.5. The van der Waals surface area contributed by atoms with E-state index in [1.54, 1.807) is 6.07 Å². The Morgan fingerprint density at radius 1 is 1.16 bits per heavy atom. The first kappa shape index (κ1) is 17.6. The molecule has 1 aliphatic carbocycles. The average Bonchev–Trinajstić information content (AvgIpc) is 3.18. The highest BCUT2D eigenvalue weighted by atomic mass is 32.2. The highest BCUT2D eigenvalue weighted by molar-refractivity contribution is 7.91. The molecule has 0 saturated heterocycles. The van der Waals surface area contributed by atoms with Gasteiger partial charge in [-0.2, -0.15) is 13.2 Å². The molecule has 0 aliphatic heterocycles. The van der Waals surface area contributed by atoms with Crippen LogP contribution in [-0.4, -0.2) is 24.4 Å². The topological polar surface area (TPSA) is 90.1 Å². The first-order valence-electron chi connectivity index (χ1n) is 7.41. The maximum atomic E-state index is 13.0. The summed E-state index contributed by atoms with van der Waals surface area (Å²) in [5, 5.41) is 4.74. The number of sulfone groups is 1. The van der Waals surface area contributed by atoms with E-state index in [9.17, 15) is 26.4 Å². The van der Waals surface area contributed by atoms with Crippen LogP contribution in [0, 0.1) is 5.92 Å². The van der Waals surface area contributed by atoms with E-state index in [2.05, 4.69) is 14.6 Å².